The molecular formula is C76H90O10S2. The van der Waals surface area contributed by atoms with E-state index >= 15 is 9.59 Å². The molecule has 0 radical (unpaired) electrons. The van der Waals surface area contributed by atoms with Crippen molar-refractivity contribution in [1.29, 1.82) is 0 Å². The van der Waals surface area contributed by atoms with Crippen molar-refractivity contribution in [3.63, 3.8) is 0 Å². The topological polar surface area (TPSA) is 124 Å². The highest BCUT2D eigenvalue weighted by molar-refractivity contribution is 7.25. The summed E-state index contributed by atoms with van der Waals surface area (Å²) in [6.45, 7) is 17.9. The van der Waals surface area contributed by atoms with Gasteiger partial charge in [-0.3, -0.25) is 9.59 Å². The SMILES string of the molecule is C=CC(=O)OCCCCCCCCOc1ccc(C2CCC(C(=O)Oc3c4sc(-c5ccccc5)c(C(C)C)c4c(OC(=O)C4CCC(c5ccc(OCCCCCCCCOC(=O)C=C)cc5)CC4)c4sc(-c5ccccc5)c(C(C)C)c34)CC2)cc1. The van der Waals surface area contributed by atoms with Gasteiger partial charge in [0.05, 0.1) is 47.7 Å². The van der Waals surface area contributed by atoms with E-state index in [4.69, 9.17) is 28.4 Å². The number of thiophene rings is 2. The number of ether oxygens (including phenoxy) is 6. The molecule has 2 aliphatic carbocycles. The lowest BCUT2D eigenvalue weighted by Gasteiger charge is -2.28. The summed E-state index contributed by atoms with van der Waals surface area (Å²) in [5.74, 6) is 2.02. The Bertz CT molecular complexity index is 3170. The number of rotatable bonds is 32. The molecule has 0 aliphatic heterocycles. The Morgan fingerprint density at radius 1 is 0.443 bits per heavy atom. The predicted molar refractivity (Wildman–Crippen MR) is 359 cm³/mol. The van der Waals surface area contributed by atoms with Gasteiger partial charge < -0.3 is 28.4 Å². The molecule has 0 spiro atoms. The first kappa shape index (κ1) is 65.4. The third-order valence-corrected chi connectivity index (χ3v) is 20.2. The molecule has 0 atom stereocenters. The van der Waals surface area contributed by atoms with Gasteiger partial charge in [0, 0.05) is 32.7 Å². The first-order chi connectivity index (χ1) is 42.9. The molecule has 466 valence electrons. The standard InChI is InChI=1S/C76H90O10S2/c1-7-63(77)83-49-25-15-11-9-13-23-47-81-61-43-39-55(40-44-61)53-31-35-59(36-32-53)75(79)85-69-67-65(51(3)4)71(57-27-19-17-20-28-57)88-74(67)70(68-66(52(5)6)72(87-73(68)69)58-29-21-18-22-30-58)86-76(80)60-37-33-54(34-38-60)56-41-45-62(46-42-56)82-48-24-14-10-12-16-26-50-84-64(78)8-2/h7-8,17-22,27-30,39-46,51-54,59-60H,1-2,9-16,23-26,31-38,47-50H2,3-6H3. The highest BCUT2D eigenvalue weighted by atomic mass is 32.1. The van der Waals surface area contributed by atoms with Gasteiger partial charge in [-0.05, 0) is 158 Å². The maximum absolute atomic E-state index is 15.0. The molecule has 5 aromatic carbocycles. The highest BCUT2D eigenvalue weighted by Crippen LogP contribution is 2.59. The van der Waals surface area contributed by atoms with E-state index in [2.05, 4.69) is 138 Å². The van der Waals surface area contributed by atoms with E-state index in [1.807, 2.05) is 12.1 Å². The molecule has 0 saturated heterocycles. The fraction of sp³-hybridized carbons (Fsp3) is 0.447. The van der Waals surface area contributed by atoms with Crippen LogP contribution in [-0.4, -0.2) is 50.3 Å². The molecular weight excluding hydrogens is 1140 g/mol. The second-order valence-corrected chi connectivity index (χ2v) is 26.6. The van der Waals surface area contributed by atoms with E-state index in [9.17, 15) is 9.59 Å². The maximum atomic E-state index is 15.0. The van der Waals surface area contributed by atoms with Crippen LogP contribution >= 0.6 is 22.7 Å². The van der Waals surface area contributed by atoms with E-state index in [1.165, 1.54) is 23.3 Å². The van der Waals surface area contributed by atoms with Crippen molar-refractivity contribution < 1.29 is 47.6 Å². The zero-order valence-electron chi connectivity index (χ0n) is 52.3. The molecule has 0 bridgehead atoms. The molecule has 7 aromatic rings. The number of carbonyl (C=O) groups is 4. The van der Waals surface area contributed by atoms with Crippen LogP contribution in [-0.2, 0) is 28.7 Å². The van der Waals surface area contributed by atoms with Gasteiger partial charge in [-0.25, -0.2) is 9.59 Å². The molecule has 88 heavy (non-hydrogen) atoms. The summed E-state index contributed by atoms with van der Waals surface area (Å²) in [5, 5.41) is 1.73. The van der Waals surface area contributed by atoms with E-state index in [-0.39, 0.29) is 47.5 Å². The van der Waals surface area contributed by atoms with Crippen molar-refractivity contribution >= 4 is 66.7 Å². The van der Waals surface area contributed by atoms with Gasteiger partial charge in [0.1, 0.15) is 11.5 Å². The molecule has 2 aromatic heterocycles. The maximum Gasteiger partial charge on any atom is 0.330 e. The second kappa shape index (κ2) is 33.0. The fourth-order valence-corrected chi connectivity index (χ4v) is 15.7. The van der Waals surface area contributed by atoms with Crippen LogP contribution in [0.3, 0.4) is 0 Å². The summed E-state index contributed by atoms with van der Waals surface area (Å²) in [6, 6.07) is 38.0. The van der Waals surface area contributed by atoms with Gasteiger partial charge in [0.25, 0.3) is 0 Å². The normalized spacial score (nSPS) is 16.8. The molecule has 0 amide bonds. The lowest BCUT2D eigenvalue weighted by atomic mass is 9.78. The summed E-state index contributed by atoms with van der Waals surface area (Å²) in [6.07, 6.45) is 21.3. The second-order valence-electron chi connectivity index (χ2n) is 24.6. The first-order valence-corrected chi connectivity index (χ1v) is 34.2. The largest absolute Gasteiger partial charge is 0.494 e. The van der Waals surface area contributed by atoms with Gasteiger partial charge in [-0.2, -0.15) is 0 Å². The minimum Gasteiger partial charge on any atom is -0.494 e. The van der Waals surface area contributed by atoms with Crippen molar-refractivity contribution in [3.05, 3.63) is 157 Å². The number of unbranched alkanes of at least 4 members (excludes halogenated alkanes) is 10. The molecule has 0 N–H and O–H groups in total. The Morgan fingerprint density at radius 3 is 1.10 bits per heavy atom. The Morgan fingerprint density at radius 2 is 0.773 bits per heavy atom. The zero-order chi connectivity index (χ0) is 61.8. The number of carbonyl (C=O) groups excluding carboxylic acids is 4. The summed E-state index contributed by atoms with van der Waals surface area (Å²) >= 11 is 3.29. The molecule has 12 heteroatoms. The van der Waals surface area contributed by atoms with Crippen LogP contribution in [0.4, 0.5) is 0 Å². The van der Waals surface area contributed by atoms with Crippen LogP contribution in [0.5, 0.6) is 23.0 Å². The van der Waals surface area contributed by atoms with Gasteiger partial charge in [0.2, 0.25) is 0 Å². The summed E-state index contributed by atoms with van der Waals surface area (Å²) < 4.78 is 38.2. The minimum absolute atomic E-state index is 0.0447. The molecule has 9 rings (SSSR count). The van der Waals surface area contributed by atoms with Crippen LogP contribution in [0.2, 0.25) is 0 Å². The van der Waals surface area contributed by atoms with E-state index in [0.29, 0.717) is 49.8 Å². The molecule has 10 nitrogen and oxygen atoms in total. The third kappa shape index (κ3) is 17.2. The van der Waals surface area contributed by atoms with Crippen molar-refractivity contribution in [2.45, 2.75) is 180 Å². The number of hydrogen-bond acceptors (Lipinski definition) is 12. The summed E-state index contributed by atoms with van der Waals surface area (Å²) in [7, 11) is 0. The Hall–Kier alpha value is -7.02. The van der Waals surface area contributed by atoms with Gasteiger partial charge in [0.15, 0.2) is 11.5 Å². The van der Waals surface area contributed by atoms with Gasteiger partial charge in [-0.15, -0.1) is 22.7 Å². The molecule has 2 aliphatic rings. The van der Waals surface area contributed by atoms with Crippen molar-refractivity contribution in [2.75, 3.05) is 26.4 Å². The summed E-state index contributed by atoms with van der Waals surface area (Å²) in [4.78, 5) is 54.7. The van der Waals surface area contributed by atoms with Crippen molar-refractivity contribution in [2.24, 2.45) is 11.8 Å². The third-order valence-electron chi connectivity index (χ3n) is 17.6. The van der Waals surface area contributed by atoms with Crippen LogP contribution in [0.25, 0.3) is 41.1 Å². The average molecular weight is 1230 g/mol. The number of esters is 4. The van der Waals surface area contributed by atoms with E-state index in [0.717, 1.165) is 192 Å². The number of hydrogen-bond donors (Lipinski definition) is 0. The Kier molecular flexibility index (Phi) is 24.5. The molecule has 2 saturated carbocycles. The Labute approximate surface area is 530 Å². The first-order valence-electron chi connectivity index (χ1n) is 32.6. The van der Waals surface area contributed by atoms with Crippen LogP contribution in [0.15, 0.2) is 135 Å². The van der Waals surface area contributed by atoms with Gasteiger partial charge >= 0.3 is 23.9 Å². The zero-order valence-corrected chi connectivity index (χ0v) is 53.9. The quantitative estimate of drug-likeness (QED) is 0.0174. The lowest BCUT2D eigenvalue weighted by Crippen LogP contribution is -2.26. The fourth-order valence-electron chi connectivity index (χ4n) is 12.8. The van der Waals surface area contributed by atoms with Crippen molar-refractivity contribution in [3.8, 4) is 43.9 Å². The monoisotopic (exact) mass is 1230 g/mol. The van der Waals surface area contributed by atoms with Crippen LogP contribution in [0.1, 0.15) is 202 Å². The van der Waals surface area contributed by atoms with Crippen LogP contribution in [0, 0.1) is 11.8 Å². The van der Waals surface area contributed by atoms with E-state index < -0.39 is 0 Å². The van der Waals surface area contributed by atoms with Crippen molar-refractivity contribution in [1.82, 2.24) is 0 Å². The summed E-state index contributed by atoms with van der Waals surface area (Å²) in [5.41, 5.74) is 6.87. The molecule has 2 heterocycles. The molecule has 2 fully saturated rings. The lowest BCUT2D eigenvalue weighted by molar-refractivity contribution is -0.140. The highest BCUT2D eigenvalue weighted by Gasteiger charge is 2.37. The van der Waals surface area contributed by atoms with Crippen LogP contribution < -0.4 is 18.9 Å². The predicted octanol–water partition coefficient (Wildman–Crippen LogP) is 20.4. The number of benzene rings is 5. The number of fused-ring (bicyclic) bond motifs is 2. The smallest absolute Gasteiger partial charge is 0.330 e. The average Bonchev–Trinajstić information content (AvgIpc) is 1.58. The van der Waals surface area contributed by atoms with Gasteiger partial charge in [-0.1, -0.05) is 177 Å². The minimum atomic E-state index is -0.360. The Balaban J connectivity index is 0.893. The molecule has 0 unspecified atom stereocenters. The van der Waals surface area contributed by atoms with E-state index in [1.54, 1.807) is 22.7 Å².